The van der Waals surface area contributed by atoms with Crippen LogP contribution in [0.15, 0.2) is 30.3 Å². The van der Waals surface area contributed by atoms with Crippen LogP contribution in [0.5, 0.6) is 5.88 Å². The molecular weight excluding hydrogens is 370 g/mol. The summed E-state index contributed by atoms with van der Waals surface area (Å²) in [5.41, 5.74) is 6.68. The number of fused-ring (bicyclic) bond motifs is 1. The Morgan fingerprint density at radius 2 is 1.88 bits per heavy atom. The average Bonchev–Trinajstić information content (AvgIpc) is 3.09. The van der Waals surface area contributed by atoms with Crippen molar-refractivity contribution in [1.29, 1.82) is 0 Å². The van der Waals surface area contributed by atoms with Gasteiger partial charge in [-0.15, -0.1) is 21.5 Å². The molecule has 1 aliphatic carbocycles. The van der Waals surface area contributed by atoms with Crippen molar-refractivity contribution in [1.82, 2.24) is 10.2 Å². The molecule has 1 aliphatic rings. The second-order valence-corrected chi connectivity index (χ2v) is 7.94. The maximum Gasteiger partial charge on any atom is 0.270 e. The average molecular weight is 388 g/mol. The minimum absolute atomic E-state index is 0.152. The summed E-state index contributed by atoms with van der Waals surface area (Å²) in [5.74, 6) is -0.107. The lowest BCUT2D eigenvalue weighted by Crippen LogP contribution is -2.21. The molecule has 3 aromatic rings. The van der Waals surface area contributed by atoms with Crippen LogP contribution in [-0.2, 0) is 0 Å². The Morgan fingerprint density at radius 1 is 1.15 bits per heavy atom. The number of benzene rings is 1. The maximum absolute atomic E-state index is 11.8. The molecule has 0 aliphatic heterocycles. The summed E-state index contributed by atoms with van der Waals surface area (Å²) in [7, 11) is 0. The normalized spacial score (nSPS) is 15.3. The van der Waals surface area contributed by atoms with Crippen LogP contribution < -0.4 is 10.5 Å². The first-order valence-electron chi connectivity index (χ1n) is 8.64. The van der Waals surface area contributed by atoms with E-state index in [1.54, 1.807) is 0 Å². The molecule has 2 N–H and O–H groups in total. The smallest absolute Gasteiger partial charge is 0.270 e. The SMILES string of the molecule is NC(=O)c1nnc(OC2CCCCC2)c2cc(-c3ccc(Cl)cc3)sc12. The molecule has 0 bridgehead atoms. The number of hydrogen-bond acceptors (Lipinski definition) is 5. The Morgan fingerprint density at radius 3 is 2.58 bits per heavy atom. The van der Waals surface area contributed by atoms with E-state index in [1.807, 2.05) is 30.3 Å². The number of amides is 1. The van der Waals surface area contributed by atoms with E-state index in [0.29, 0.717) is 15.6 Å². The zero-order chi connectivity index (χ0) is 18.1. The molecule has 1 fully saturated rings. The number of hydrogen-bond donors (Lipinski definition) is 1. The van der Waals surface area contributed by atoms with Gasteiger partial charge in [0.15, 0.2) is 5.69 Å². The predicted octanol–water partition coefficient (Wildman–Crippen LogP) is 4.82. The van der Waals surface area contributed by atoms with Gasteiger partial charge in [-0.05, 0) is 49.4 Å². The van der Waals surface area contributed by atoms with Crippen molar-refractivity contribution < 1.29 is 9.53 Å². The molecule has 0 spiro atoms. The molecule has 1 saturated carbocycles. The van der Waals surface area contributed by atoms with Crippen LogP contribution >= 0.6 is 22.9 Å². The Kier molecular flexibility index (Phi) is 4.78. The summed E-state index contributed by atoms with van der Waals surface area (Å²) in [6, 6.07) is 9.56. The molecule has 26 heavy (non-hydrogen) atoms. The fourth-order valence-electron chi connectivity index (χ4n) is 3.27. The molecule has 2 aromatic heterocycles. The number of rotatable bonds is 4. The molecule has 4 rings (SSSR count). The molecule has 1 amide bonds. The van der Waals surface area contributed by atoms with Crippen molar-refractivity contribution in [2.24, 2.45) is 5.73 Å². The number of ether oxygens (including phenoxy) is 1. The van der Waals surface area contributed by atoms with E-state index in [1.165, 1.54) is 30.6 Å². The standard InChI is InChI=1S/C19H18ClN3O2S/c20-12-8-6-11(7-9-12)15-10-14-17(26-15)16(18(21)24)22-23-19(14)25-13-4-2-1-3-5-13/h6-10,13H,1-5H2,(H2,21,24). The van der Waals surface area contributed by atoms with Crippen LogP contribution in [-0.4, -0.2) is 22.2 Å². The number of carbonyl (C=O) groups excluding carboxylic acids is 1. The summed E-state index contributed by atoms with van der Waals surface area (Å²) in [6.07, 6.45) is 5.78. The summed E-state index contributed by atoms with van der Waals surface area (Å²) in [6.45, 7) is 0. The molecular formula is C19H18ClN3O2S. The summed E-state index contributed by atoms with van der Waals surface area (Å²) in [5, 5.41) is 9.65. The van der Waals surface area contributed by atoms with Crippen molar-refractivity contribution in [3.8, 4) is 16.3 Å². The van der Waals surface area contributed by atoms with Crippen LogP contribution in [0.2, 0.25) is 5.02 Å². The first kappa shape index (κ1) is 17.2. The lowest BCUT2D eigenvalue weighted by Gasteiger charge is -2.22. The van der Waals surface area contributed by atoms with Gasteiger partial charge in [-0.25, -0.2) is 0 Å². The Hall–Kier alpha value is -2.18. The van der Waals surface area contributed by atoms with E-state index in [4.69, 9.17) is 22.1 Å². The van der Waals surface area contributed by atoms with Crippen LogP contribution in [0.25, 0.3) is 20.5 Å². The number of primary amides is 1. The molecule has 2 heterocycles. The maximum atomic E-state index is 11.8. The largest absolute Gasteiger partial charge is 0.473 e. The van der Waals surface area contributed by atoms with Crippen LogP contribution in [0.1, 0.15) is 42.6 Å². The third kappa shape index (κ3) is 3.39. The summed E-state index contributed by atoms with van der Waals surface area (Å²) in [4.78, 5) is 12.8. The number of nitrogens with two attached hydrogens (primary N) is 1. The lowest BCUT2D eigenvalue weighted by atomic mass is 9.98. The monoisotopic (exact) mass is 387 g/mol. The third-order valence-electron chi connectivity index (χ3n) is 4.61. The fraction of sp³-hybridized carbons (Fsp3) is 0.316. The lowest BCUT2D eigenvalue weighted by molar-refractivity contribution is 0.0996. The first-order valence-corrected chi connectivity index (χ1v) is 9.84. The highest BCUT2D eigenvalue weighted by atomic mass is 35.5. The molecule has 1 aromatic carbocycles. The van der Waals surface area contributed by atoms with Crippen molar-refractivity contribution in [3.05, 3.63) is 41.0 Å². The van der Waals surface area contributed by atoms with Gasteiger partial charge in [-0.1, -0.05) is 30.2 Å². The number of thiophene rings is 1. The van der Waals surface area contributed by atoms with E-state index in [0.717, 1.165) is 28.7 Å². The van der Waals surface area contributed by atoms with E-state index < -0.39 is 5.91 Å². The Bertz CT molecular complexity index is 949. The second kappa shape index (κ2) is 7.21. The quantitative estimate of drug-likeness (QED) is 0.695. The van der Waals surface area contributed by atoms with Crippen LogP contribution in [0.4, 0.5) is 0 Å². The van der Waals surface area contributed by atoms with Crippen molar-refractivity contribution in [2.45, 2.75) is 38.2 Å². The number of aromatic nitrogens is 2. The Labute approximate surface area is 160 Å². The summed E-state index contributed by atoms with van der Waals surface area (Å²) < 4.78 is 6.84. The van der Waals surface area contributed by atoms with Crippen molar-refractivity contribution >= 4 is 38.9 Å². The summed E-state index contributed by atoms with van der Waals surface area (Å²) >= 11 is 7.44. The molecule has 0 radical (unpaired) electrons. The Balaban J connectivity index is 1.78. The van der Waals surface area contributed by atoms with Gasteiger partial charge in [0.2, 0.25) is 5.88 Å². The molecule has 0 saturated heterocycles. The van der Waals surface area contributed by atoms with Crippen molar-refractivity contribution in [3.63, 3.8) is 0 Å². The second-order valence-electron chi connectivity index (χ2n) is 6.46. The van der Waals surface area contributed by atoms with E-state index >= 15 is 0 Å². The van der Waals surface area contributed by atoms with Gasteiger partial charge < -0.3 is 10.5 Å². The van der Waals surface area contributed by atoms with Gasteiger partial charge in [-0.2, -0.15) is 0 Å². The minimum atomic E-state index is -0.587. The topological polar surface area (TPSA) is 78.1 Å². The zero-order valence-electron chi connectivity index (χ0n) is 14.1. The fourth-order valence-corrected chi connectivity index (χ4v) is 4.54. The molecule has 0 unspecified atom stereocenters. The zero-order valence-corrected chi connectivity index (χ0v) is 15.6. The molecule has 0 atom stereocenters. The highest BCUT2D eigenvalue weighted by Crippen LogP contribution is 2.39. The van der Waals surface area contributed by atoms with E-state index in [-0.39, 0.29) is 11.8 Å². The van der Waals surface area contributed by atoms with E-state index in [2.05, 4.69) is 10.2 Å². The van der Waals surface area contributed by atoms with Gasteiger partial charge in [0.05, 0.1) is 10.1 Å². The number of nitrogens with zero attached hydrogens (tertiary/aromatic N) is 2. The van der Waals surface area contributed by atoms with Crippen molar-refractivity contribution in [2.75, 3.05) is 0 Å². The first-order chi connectivity index (χ1) is 12.6. The minimum Gasteiger partial charge on any atom is -0.473 e. The number of carbonyl (C=O) groups is 1. The van der Waals surface area contributed by atoms with Gasteiger partial charge in [0.1, 0.15) is 6.10 Å². The molecule has 7 heteroatoms. The number of halogens is 1. The van der Waals surface area contributed by atoms with Crippen LogP contribution in [0, 0.1) is 0 Å². The van der Waals surface area contributed by atoms with Gasteiger partial charge in [-0.3, -0.25) is 4.79 Å². The highest BCUT2D eigenvalue weighted by molar-refractivity contribution is 7.22. The van der Waals surface area contributed by atoms with Crippen LogP contribution in [0.3, 0.4) is 0 Å². The third-order valence-corrected chi connectivity index (χ3v) is 6.05. The molecule has 134 valence electrons. The van der Waals surface area contributed by atoms with Gasteiger partial charge in [0, 0.05) is 9.90 Å². The highest BCUT2D eigenvalue weighted by Gasteiger charge is 2.22. The predicted molar refractivity (Wildman–Crippen MR) is 104 cm³/mol. The van der Waals surface area contributed by atoms with Gasteiger partial charge >= 0.3 is 0 Å². The molecule has 5 nitrogen and oxygen atoms in total. The van der Waals surface area contributed by atoms with E-state index in [9.17, 15) is 4.79 Å². The van der Waals surface area contributed by atoms with Gasteiger partial charge in [0.25, 0.3) is 5.91 Å².